The Kier molecular flexibility index (Phi) is 3.09. The summed E-state index contributed by atoms with van der Waals surface area (Å²) in [5, 5.41) is 20.9. The Hall–Kier alpha value is -2.63. The van der Waals surface area contributed by atoms with Crippen LogP contribution in [0.1, 0.15) is 10.4 Å². The van der Waals surface area contributed by atoms with E-state index >= 15 is 0 Å². The molecule has 92 valence electrons. The van der Waals surface area contributed by atoms with Crippen LogP contribution in [0.5, 0.6) is 11.5 Å². The second-order valence-electron chi connectivity index (χ2n) is 3.56. The van der Waals surface area contributed by atoms with E-state index in [1.165, 1.54) is 18.2 Å². The van der Waals surface area contributed by atoms with E-state index in [1.54, 1.807) is 0 Å². The first-order valence-electron chi connectivity index (χ1n) is 5.00. The van der Waals surface area contributed by atoms with Crippen LogP contribution in [0.2, 0.25) is 0 Å². The summed E-state index contributed by atoms with van der Waals surface area (Å²) in [5.74, 6) is -1.65. The van der Waals surface area contributed by atoms with Crippen LogP contribution in [0.15, 0.2) is 36.5 Å². The van der Waals surface area contributed by atoms with Gasteiger partial charge in [-0.3, -0.25) is 4.79 Å². The molecule has 0 bridgehead atoms. The van der Waals surface area contributed by atoms with Gasteiger partial charge in [0, 0.05) is 11.6 Å². The summed E-state index contributed by atoms with van der Waals surface area (Å²) in [6, 6.07) is 5.96. The van der Waals surface area contributed by atoms with Gasteiger partial charge in [0.2, 0.25) is 5.95 Å². The highest BCUT2D eigenvalue weighted by atomic mass is 19.1. The van der Waals surface area contributed by atoms with Crippen molar-refractivity contribution >= 4 is 11.6 Å². The Balaban J connectivity index is 2.19. The van der Waals surface area contributed by atoms with Crippen molar-refractivity contribution < 1.29 is 19.4 Å². The van der Waals surface area contributed by atoms with Gasteiger partial charge in [0.1, 0.15) is 11.5 Å². The number of phenolic OH excluding ortho intramolecular Hbond substituents is 2. The number of amides is 1. The van der Waals surface area contributed by atoms with E-state index in [-0.39, 0.29) is 17.1 Å². The Morgan fingerprint density at radius 1 is 1.17 bits per heavy atom. The zero-order valence-corrected chi connectivity index (χ0v) is 9.09. The van der Waals surface area contributed by atoms with Crippen LogP contribution in [-0.4, -0.2) is 21.1 Å². The lowest BCUT2D eigenvalue weighted by atomic mass is 10.2. The molecule has 0 spiro atoms. The minimum absolute atomic E-state index is 0.0804. The van der Waals surface area contributed by atoms with Gasteiger partial charge >= 0.3 is 0 Å². The second kappa shape index (κ2) is 4.70. The summed E-state index contributed by atoms with van der Waals surface area (Å²) in [4.78, 5) is 15.1. The zero-order valence-electron chi connectivity index (χ0n) is 9.09. The number of nitrogens with one attached hydrogen (secondary N) is 1. The Bertz CT molecular complexity index is 564. The number of pyridine rings is 1. The molecule has 6 heteroatoms. The van der Waals surface area contributed by atoms with Crippen LogP contribution in [0.25, 0.3) is 0 Å². The van der Waals surface area contributed by atoms with Crippen molar-refractivity contribution in [1.82, 2.24) is 4.98 Å². The van der Waals surface area contributed by atoms with Gasteiger partial charge in [-0.2, -0.15) is 4.39 Å². The fourth-order valence-corrected chi connectivity index (χ4v) is 1.38. The number of anilines is 1. The number of aromatic nitrogens is 1. The minimum Gasteiger partial charge on any atom is -0.508 e. The number of benzene rings is 1. The van der Waals surface area contributed by atoms with E-state index in [1.807, 2.05) is 0 Å². The molecule has 5 nitrogen and oxygen atoms in total. The molecule has 0 saturated carbocycles. The number of hydrogen-bond donors (Lipinski definition) is 3. The number of halogens is 1. The number of nitrogens with zero attached hydrogens (tertiary/aromatic N) is 1. The largest absolute Gasteiger partial charge is 0.508 e. The van der Waals surface area contributed by atoms with E-state index in [0.717, 1.165) is 18.3 Å². The summed E-state index contributed by atoms with van der Waals surface area (Å²) in [6.45, 7) is 0. The molecule has 0 radical (unpaired) electrons. The maximum Gasteiger partial charge on any atom is 0.255 e. The Labute approximate surface area is 102 Å². The smallest absolute Gasteiger partial charge is 0.255 e. The lowest BCUT2D eigenvalue weighted by molar-refractivity contribution is 0.102. The first-order chi connectivity index (χ1) is 8.54. The monoisotopic (exact) mass is 248 g/mol. The lowest BCUT2D eigenvalue weighted by Gasteiger charge is -2.05. The number of carbonyl (C=O) groups is 1. The second-order valence-corrected chi connectivity index (χ2v) is 3.56. The molecular formula is C12H9FN2O3. The van der Waals surface area contributed by atoms with Crippen LogP contribution in [0.3, 0.4) is 0 Å². The molecule has 18 heavy (non-hydrogen) atoms. The average molecular weight is 248 g/mol. The van der Waals surface area contributed by atoms with E-state index in [9.17, 15) is 19.4 Å². The van der Waals surface area contributed by atoms with E-state index < -0.39 is 11.9 Å². The van der Waals surface area contributed by atoms with Gasteiger partial charge in [-0.15, -0.1) is 0 Å². The highest BCUT2D eigenvalue weighted by Crippen LogP contribution is 2.21. The molecule has 1 aromatic heterocycles. The van der Waals surface area contributed by atoms with Gasteiger partial charge in [-0.05, 0) is 24.3 Å². The van der Waals surface area contributed by atoms with Crippen LogP contribution in [-0.2, 0) is 0 Å². The summed E-state index contributed by atoms with van der Waals surface area (Å²) in [7, 11) is 0. The molecule has 1 amide bonds. The summed E-state index contributed by atoms with van der Waals surface area (Å²) < 4.78 is 12.6. The van der Waals surface area contributed by atoms with E-state index in [0.29, 0.717) is 5.69 Å². The highest BCUT2D eigenvalue weighted by Gasteiger charge is 2.09. The van der Waals surface area contributed by atoms with Crippen LogP contribution >= 0.6 is 0 Å². The average Bonchev–Trinajstić information content (AvgIpc) is 2.31. The van der Waals surface area contributed by atoms with Crippen molar-refractivity contribution in [3.63, 3.8) is 0 Å². The van der Waals surface area contributed by atoms with Gasteiger partial charge in [0.25, 0.3) is 5.91 Å². The maximum atomic E-state index is 12.6. The van der Waals surface area contributed by atoms with Crippen LogP contribution < -0.4 is 5.32 Å². The third-order valence-corrected chi connectivity index (χ3v) is 2.15. The summed E-state index contributed by atoms with van der Waals surface area (Å²) in [6.07, 6.45) is 1.16. The van der Waals surface area contributed by atoms with Crippen LogP contribution in [0, 0.1) is 5.95 Å². The van der Waals surface area contributed by atoms with Crippen LogP contribution in [0.4, 0.5) is 10.1 Å². The number of aromatic hydroxyl groups is 2. The van der Waals surface area contributed by atoms with Gasteiger partial charge in [-0.1, -0.05) is 0 Å². The number of phenols is 2. The third kappa shape index (κ3) is 2.73. The normalized spacial score (nSPS) is 10.1. The standard InChI is InChI=1S/C12H9FN2O3/c13-11-2-1-8(6-14-11)15-12(18)7-3-9(16)5-10(17)4-7/h1-6,16-17H,(H,15,18). The van der Waals surface area contributed by atoms with Crippen molar-refractivity contribution in [3.8, 4) is 11.5 Å². The van der Waals surface area contributed by atoms with Crippen molar-refractivity contribution in [3.05, 3.63) is 48.0 Å². The fourth-order valence-electron chi connectivity index (χ4n) is 1.38. The minimum atomic E-state index is -0.650. The third-order valence-electron chi connectivity index (χ3n) is 2.15. The Morgan fingerprint density at radius 3 is 2.39 bits per heavy atom. The molecule has 0 aliphatic heterocycles. The topological polar surface area (TPSA) is 82.5 Å². The molecule has 0 saturated heterocycles. The van der Waals surface area contributed by atoms with Crippen molar-refractivity contribution in [2.75, 3.05) is 5.32 Å². The Morgan fingerprint density at radius 2 is 1.83 bits per heavy atom. The van der Waals surface area contributed by atoms with Gasteiger partial charge in [-0.25, -0.2) is 4.98 Å². The fraction of sp³-hybridized carbons (Fsp3) is 0. The number of carbonyl (C=O) groups excluding carboxylic acids is 1. The molecule has 0 atom stereocenters. The van der Waals surface area contributed by atoms with Gasteiger partial charge < -0.3 is 15.5 Å². The van der Waals surface area contributed by atoms with Crippen molar-refractivity contribution in [2.24, 2.45) is 0 Å². The van der Waals surface area contributed by atoms with E-state index in [2.05, 4.69) is 10.3 Å². The molecule has 0 unspecified atom stereocenters. The summed E-state index contributed by atoms with van der Waals surface area (Å²) >= 11 is 0. The molecule has 1 heterocycles. The highest BCUT2D eigenvalue weighted by molar-refractivity contribution is 6.04. The molecule has 0 fully saturated rings. The first kappa shape index (κ1) is 11.8. The molecular weight excluding hydrogens is 239 g/mol. The molecule has 2 rings (SSSR count). The van der Waals surface area contributed by atoms with Gasteiger partial charge in [0.15, 0.2) is 0 Å². The van der Waals surface area contributed by atoms with Gasteiger partial charge in [0.05, 0.1) is 11.9 Å². The van der Waals surface area contributed by atoms with Crippen molar-refractivity contribution in [1.29, 1.82) is 0 Å². The molecule has 3 N–H and O–H groups in total. The lowest BCUT2D eigenvalue weighted by Crippen LogP contribution is -2.11. The quantitative estimate of drug-likeness (QED) is 0.709. The molecule has 0 aliphatic rings. The predicted octanol–water partition coefficient (Wildman–Crippen LogP) is 1.88. The van der Waals surface area contributed by atoms with E-state index in [4.69, 9.17) is 0 Å². The molecule has 2 aromatic rings. The maximum absolute atomic E-state index is 12.6. The number of hydrogen-bond acceptors (Lipinski definition) is 4. The first-order valence-corrected chi connectivity index (χ1v) is 5.00. The number of rotatable bonds is 2. The molecule has 0 aliphatic carbocycles. The SMILES string of the molecule is O=C(Nc1ccc(F)nc1)c1cc(O)cc(O)c1. The summed E-state index contributed by atoms with van der Waals surface area (Å²) in [5.41, 5.74) is 0.390. The van der Waals surface area contributed by atoms with Crippen molar-refractivity contribution in [2.45, 2.75) is 0 Å². The zero-order chi connectivity index (χ0) is 13.1. The molecule has 1 aromatic carbocycles. The predicted molar refractivity (Wildman–Crippen MR) is 61.9 cm³/mol.